The predicted octanol–water partition coefficient (Wildman–Crippen LogP) is 1.26. The molecule has 2 aromatic rings. The standard InChI is InChI=1S/C13H21N5OS/c1-10-8-18-12(14-10)20-13(15-18)17-5-4-16(6-7-19-3)11(2)9-17/h8,11H,4-7,9H2,1-3H3/t11-/m0/s1. The topological polar surface area (TPSA) is 45.9 Å². The molecule has 0 amide bonds. The van der Waals surface area contributed by atoms with Crippen molar-refractivity contribution in [3.63, 3.8) is 0 Å². The highest BCUT2D eigenvalue weighted by Crippen LogP contribution is 2.25. The van der Waals surface area contributed by atoms with Gasteiger partial charge in [-0.3, -0.25) is 4.90 Å². The summed E-state index contributed by atoms with van der Waals surface area (Å²) in [6, 6.07) is 0.525. The van der Waals surface area contributed by atoms with Crippen LogP contribution in [0.5, 0.6) is 0 Å². The monoisotopic (exact) mass is 295 g/mol. The molecule has 0 N–H and O–H groups in total. The third-order valence-electron chi connectivity index (χ3n) is 3.77. The zero-order valence-corrected chi connectivity index (χ0v) is 13.1. The molecule has 1 atom stereocenters. The van der Waals surface area contributed by atoms with Crippen LogP contribution >= 0.6 is 11.3 Å². The van der Waals surface area contributed by atoms with Crippen molar-refractivity contribution >= 4 is 21.4 Å². The summed E-state index contributed by atoms with van der Waals surface area (Å²) in [7, 11) is 1.76. The largest absolute Gasteiger partial charge is 0.383 e. The molecule has 3 heterocycles. The van der Waals surface area contributed by atoms with E-state index in [1.165, 1.54) is 0 Å². The fraction of sp³-hybridized carbons (Fsp3) is 0.692. The number of aryl methyl sites for hydroxylation is 1. The van der Waals surface area contributed by atoms with E-state index < -0.39 is 0 Å². The number of imidazole rings is 1. The number of rotatable bonds is 4. The Morgan fingerprint density at radius 3 is 3.00 bits per heavy atom. The quantitative estimate of drug-likeness (QED) is 0.849. The summed E-state index contributed by atoms with van der Waals surface area (Å²) in [6.45, 7) is 9.16. The molecule has 1 saturated heterocycles. The first-order valence-electron chi connectivity index (χ1n) is 6.98. The van der Waals surface area contributed by atoms with Gasteiger partial charge >= 0.3 is 0 Å². The van der Waals surface area contributed by atoms with Crippen molar-refractivity contribution in [3.8, 4) is 0 Å². The molecule has 0 radical (unpaired) electrons. The van der Waals surface area contributed by atoms with E-state index in [4.69, 9.17) is 4.74 Å². The molecule has 2 aromatic heterocycles. The van der Waals surface area contributed by atoms with E-state index in [-0.39, 0.29) is 0 Å². The molecule has 0 unspecified atom stereocenters. The van der Waals surface area contributed by atoms with Gasteiger partial charge in [-0.2, -0.15) is 0 Å². The lowest BCUT2D eigenvalue weighted by Gasteiger charge is -2.39. The molecule has 0 spiro atoms. The van der Waals surface area contributed by atoms with E-state index in [1.54, 1.807) is 18.4 Å². The van der Waals surface area contributed by atoms with E-state index in [0.717, 1.165) is 48.6 Å². The summed E-state index contributed by atoms with van der Waals surface area (Å²) >= 11 is 1.67. The third kappa shape index (κ3) is 2.65. The minimum atomic E-state index is 0.525. The van der Waals surface area contributed by atoms with Crippen molar-refractivity contribution in [2.24, 2.45) is 0 Å². The van der Waals surface area contributed by atoms with Gasteiger partial charge in [0.2, 0.25) is 10.1 Å². The lowest BCUT2D eigenvalue weighted by Crippen LogP contribution is -2.52. The van der Waals surface area contributed by atoms with E-state index in [1.807, 2.05) is 17.6 Å². The van der Waals surface area contributed by atoms with Crippen molar-refractivity contribution < 1.29 is 4.74 Å². The van der Waals surface area contributed by atoms with Crippen LogP contribution in [0.2, 0.25) is 0 Å². The number of methoxy groups -OCH3 is 1. The van der Waals surface area contributed by atoms with Crippen LogP contribution in [-0.2, 0) is 4.74 Å². The number of ether oxygens (including phenoxy) is 1. The van der Waals surface area contributed by atoms with Crippen LogP contribution in [0.4, 0.5) is 5.13 Å². The molecule has 110 valence electrons. The summed E-state index contributed by atoms with van der Waals surface area (Å²) in [4.78, 5) is 10.3. The zero-order valence-electron chi connectivity index (χ0n) is 12.2. The van der Waals surface area contributed by atoms with Crippen LogP contribution < -0.4 is 4.90 Å². The first-order valence-corrected chi connectivity index (χ1v) is 7.80. The molecule has 7 heteroatoms. The number of hydrogen-bond acceptors (Lipinski definition) is 6. The van der Waals surface area contributed by atoms with Gasteiger partial charge in [0.25, 0.3) is 0 Å². The van der Waals surface area contributed by atoms with Gasteiger partial charge in [-0.15, -0.1) is 5.10 Å². The fourth-order valence-corrected chi connectivity index (χ4v) is 3.60. The molecule has 1 aliphatic rings. The average molecular weight is 295 g/mol. The maximum Gasteiger partial charge on any atom is 0.214 e. The minimum absolute atomic E-state index is 0.525. The van der Waals surface area contributed by atoms with Crippen LogP contribution in [0.3, 0.4) is 0 Å². The van der Waals surface area contributed by atoms with Crippen molar-refractivity contribution in [2.75, 3.05) is 44.8 Å². The lowest BCUT2D eigenvalue weighted by molar-refractivity contribution is 0.117. The number of anilines is 1. The van der Waals surface area contributed by atoms with Gasteiger partial charge in [-0.05, 0) is 13.8 Å². The van der Waals surface area contributed by atoms with Crippen LogP contribution in [0.15, 0.2) is 6.20 Å². The maximum absolute atomic E-state index is 5.17. The molecule has 3 rings (SSSR count). The first kappa shape index (κ1) is 13.8. The summed E-state index contributed by atoms with van der Waals surface area (Å²) in [5.74, 6) is 0. The fourth-order valence-electron chi connectivity index (χ4n) is 2.64. The van der Waals surface area contributed by atoms with E-state index >= 15 is 0 Å². The Morgan fingerprint density at radius 1 is 1.45 bits per heavy atom. The van der Waals surface area contributed by atoms with Crippen molar-refractivity contribution in [1.82, 2.24) is 19.5 Å². The van der Waals surface area contributed by atoms with E-state index in [0.29, 0.717) is 6.04 Å². The number of hydrogen-bond donors (Lipinski definition) is 0. The van der Waals surface area contributed by atoms with Crippen molar-refractivity contribution in [2.45, 2.75) is 19.9 Å². The van der Waals surface area contributed by atoms with Crippen LogP contribution in [0, 0.1) is 6.92 Å². The highest BCUT2D eigenvalue weighted by molar-refractivity contribution is 7.20. The van der Waals surface area contributed by atoms with Gasteiger partial charge in [0, 0.05) is 39.3 Å². The molecule has 0 aromatic carbocycles. The summed E-state index contributed by atoms with van der Waals surface area (Å²) < 4.78 is 7.05. The van der Waals surface area contributed by atoms with Gasteiger partial charge in [-0.1, -0.05) is 11.3 Å². The molecule has 1 fully saturated rings. The Labute approximate surface area is 123 Å². The highest BCUT2D eigenvalue weighted by Gasteiger charge is 2.25. The van der Waals surface area contributed by atoms with E-state index in [2.05, 4.69) is 26.8 Å². The Morgan fingerprint density at radius 2 is 2.30 bits per heavy atom. The Hall–Kier alpha value is -1.18. The second kappa shape index (κ2) is 5.67. The molecule has 6 nitrogen and oxygen atoms in total. The minimum Gasteiger partial charge on any atom is -0.383 e. The Balaban J connectivity index is 1.68. The van der Waals surface area contributed by atoms with Crippen LogP contribution in [-0.4, -0.2) is 65.4 Å². The van der Waals surface area contributed by atoms with Crippen molar-refractivity contribution in [3.05, 3.63) is 11.9 Å². The molecular formula is C13H21N5OS. The second-order valence-electron chi connectivity index (χ2n) is 5.32. The highest BCUT2D eigenvalue weighted by atomic mass is 32.1. The van der Waals surface area contributed by atoms with Gasteiger partial charge in [0.05, 0.1) is 18.5 Å². The molecule has 1 aliphatic heterocycles. The SMILES string of the molecule is COCCN1CCN(c2nn3cc(C)nc3s2)C[C@@H]1C. The van der Waals surface area contributed by atoms with Crippen LogP contribution in [0.25, 0.3) is 4.96 Å². The number of aromatic nitrogens is 3. The van der Waals surface area contributed by atoms with Gasteiger partial charge < -0.3 is 9.64 Å². The van der Waals surface area contributed by atoms with Crippen molar-refractivity contribution in [1.29, 1.82) is 0 Å². The number of piperazine rings is 1. The number of fused-ring (bicyclic) bond motifs is 1. The first-order chi connectivity index (χ1) is 9.67. The summed E-state index contributed by atoms with van der Waals surface area (Å²) in [6.07, 6.45) is 1.98. The molecule has 0 bridgehead atoms. The summed E-state index contributed by atoms with van der Waals surface area (Å²) in [5, 5.41) is 5.71. The third-order valence-corrected chi connectivity index (χ3v) is 4.75. The smallest absolute Gasteiger partial charge is 0.214 e. The molecule has 0 aliphatic carbocycles. The molecule has 20 heavy (non-hydrogen) atoms. The van der Waals surface area contributed by atoms with Crippen LogP contribution in [0.1, 0.15) is 12.6 Å². The molecule has 0 saturated carbocycles. The Kier molecular flexibility index (Phi) is 3.91. The van der Waals surface area contributed by atoms with E-state index in [9.17, 15) is 0 Å². The number of nitrogens with zero attached hydrogens (tertiary/aromatic N) is 5. The van der Waals surface area contributed by atoms with Gasteiger partial charge in [0.15, 0.2) is 0 Å². The zero-order chi connectivity index (χ0) is 14.1. The lowest BCUT2D eigenvalue weighted by atomic mass is 10.2. The predicted molar refractivity (Wildman–Crippen MR) is 80.7 cm³/mol. The van der Waals surface area contributed by atoms with Gasteiger partial charge in [0.1, 0.15) is 0 Å². The van der Waals surface area contributed by atoms with Gasteiger partial charge in [-0.25, -0.2) is 9.50 Å². The second-order valence-corrected chi connectivity index (χ2v) is 6.25. The molecular weight excluding hydrogens is 274 g/mol. The summed E-state index contributed by atoms with van der Waals surface area (Å²) in [5.41, 5.74) is 1.02. The normalized spacial score (nSPS) is 20.9. The maximum atomic E-state index is 5.17. The Bertz CT molecular complexity index is 549. The average Bonchev–Trinajstić information content (AvgIpc) is 2.94.